The quantitative estimate of drug-likeness (QED) is 0.210. The van der Waals surface area contributed by atoms with Crippen LogP contribution >= 0.6 is 0 Å². The number of hydrogen-bond acceptors (Lipinski definition) is 3. The van der Waals surface area contributed by atoms with Crippen molar-refractivity contribution in [3.63, 3.8) is 0 Å². The van der Waals surface area contributed by atoms with E-state index in [0.29, 0.717) is 13.0 Å². The Kier molecular flexibility index (Phi) is 18.9. The third-order valence-electron chi connectivity index (χ3n) is 5.12. The standard InChI is InChI=1S/C24H38O4.C3H8/c1-3-5-7-9-11-13-16-20-17-15-18-21(22(20)23(25)26)24(27)28-19-14-12-10-8-6-4-2;1-3-2/h15,17-18H,3-14,16,19H2,1-2H3,(H,25,26);3H2,1-2H3. The Bertz CT molecular complexity index is 595. The molecule has 0 aliphatic rings. The Balaban J connectivity index is 0.00000282. The summed E-state index contributed by atoms with van der Waals surface area (Å²) >= 11 is 0. The number of hydrogen-bond donors (Lipinski definition) is 1. The first-order valence-corrected chi connectivity index (χ1v) is 12.6. The molecule has 1 aromatic rings. The molecule has 1 N–H and O–H groups in total. The molecule has 0 fully saturated rings. The minimum absolute atomic E-state index is 0.115. The van der Waals surface area contributed by atoms with Crippen LogP contribution < -0.4 is 0 Å². The molecule has 4 heteroatoms. The van der Waals surface area contributed by atoms with E-state index in [4.69, 9.17) is 4.74 Å². The zero-order valence-electron chi connectivity index (χ0n) is 20.5. The molecule has 0 radical (unpaired) electrons. The molecule has 0 amide bonds. The third-order valence-corrected chi connectivity index (χ3v) is 5.12. The fourth-order valence-corrected chi connectivity index (χ4v) is 3.45. The average Bonchev–Trinajstić information content (AvgIpc) is 2.75. The van der Waals surface area contributed by atoms with E-state index in [9.17, 15) is 14.7 Å². The molecule has 0 unspecified atom stereocenters. The summed E-state index contributed by atoms with van der Waals surface area (Å²) in [5.41, 5.74) is 1.03. The summed E-state index contributed by atoms with van der Waals surface area (Å²) < 4.78 is 5.35. The highest BCUT2D eigenvalue weighted by molar-refractivity contribution is 6.03. The van der Waals surface area contributed by atoms with Gasteiger partial charge in [0, 0.05) is 0 Å². The van der Waals surface area contributed by atoms with Gasteiger partial charge in [0.2, 0.25) is 0 Å². The summed E-state index contributed by atoms with van der Waals surface area (Å²) in [6, 6.07) is 5.15. The van der Waals surface area contributed by atoms with Gasteiger partial charge in [0.25, 0.3) is 0 Å². The molecule has 0 atom stereocenters. The zero-order valence-corrected chi connectivity index (χ0v) is 20.5. The van der Waals surface area contributed by atoms with Gasteiger partial charge in [-0.05, 0) is 30.9 Å². The fraction of sp³-hybridized carbons (Fsp3) is 0.704. The molecule has 0 bridgehead atoms. The Morgan fingerprint density at radius 2 is 1.29 bits per heavy atom. The molecule has 1 rings (SSSR count). The third kappa shape index (κ3) is 14.0. The monoisotopic (exact) mass is 434 g/mol. The second-order valence-electron chi connectivity index (χ2n) is 8.27. The number of esters is 1. The van der Waals surface area contributed by atoms with Crippen molar-refractivity contribution in [3.8, 4) is 0 Å². The van der Waals surface area contributed by atoms with Gasteiger partial charge in [-0.25, -0.2) is 9.59 Å². The summed E-state index contributed by atoms with van der Waals surface area (Å²) in [6.07, 6.45) is 15.5. The maximum atomic E-state index is 12.4. The van der Waals surface area contributed by atoms with Crippen molar-refractivity contribution in [2.24, 2.45) is 0 Å². The number of unbranched alkanes of at least 4 members (excludes halogenated alkanes) is 10. The predicted molar refractivity (Wildman–Crippen MR) is 130 cm³/mol. The van der Waals surface area contributed by atoms with E-state index >= 15 is 0 Å². The van der Waals surface area contributed by atoms with E-state index in [1.165, 1.54) is 51.4 Å². The summed E-state index contributed by atoms with van der Waals surface area (Å²) in [6.45, 7) is 8.98. The lowest BCUT2D eigenvalue weighted by molar-refractivity contribution is 0.0487. The van der Waals surface area contributed by atoms with E-state index in [1.54, 1.807) is 12.1 Å². The number of benzene rings is 1. The maximum absolute atomic E-state index is 12.4. The topological polar surface area (TPSA) is 63.6 Å². The molecule has 0 spiro atoms. The van der Waals surface area contributed by atoms with Crippen LogP contribution in [0.5, 0.6) is 0 Å². The van der Waals surface area contributed by atoms with Crippen molar-refractivity contribution >= 4 is 11.9 Å². The number of carboxylic acids is 1. The Morgan fingerprint density at radius 1 is 0.774 bits per heavy atom. The smallest absolute Gasteiger partial charge is 0.339 e. The second kappa shape index (κ2) is 20.1. The van der Waals surface area contributed by atoms with Crippen LogP contribution in [0.2, 0.25) is 0 Å². The van der Waals surface area contributed by atoms with Gasteiger partial charge in [-0.3, -0.25) is 0 Å². The van der Waals surface area contributed by atoms with Crippen molar-refractivity contribution < 1.29 is 19.4 Å². The van der Waals surface area contributed by atoms with Gasteiger partial charge in [-0.2, -0.15) is 0 Å². The number of carbonyl (C=O) groups excluding carboxylic acids is 1. The van der Waals surface area contributed by atoms with E-state index < -0.39 is 11.9 Å². The van der Waals surface area contributed by atoms with Crippen LogP contribution in [0.4, 0.5) is 0 Å². The molecule has 1 aromatic carbocycles. The van der Waals surface area contributed by atoms with Crippen LogP contribution in [0.15, 0.2) is 18.2 Å². The second-order valence-corrected chi connectivity index (χ2v) is 8.27. The highest BCUT2D eigenvalue weighted by atomic mass is 16.5. The van der Waals surface area contributed by atoms with Crippen LogP contribution in [0.1, 0.15) is 137 Å². The highest BCUT2D eigenvalue weighted by Gasteiger charge is 2.21. The van der Waals surface area contributed by atoms with Crippen LogP contribution in [0.3, 0.4) is 0 Å². The molecule has 178 valence electrons. The fourth-order valence-electron chi connectivity index (χ4n) is 3.45. The van der Waals surface area contributed by atoms with Gasteiger partial charge < -0.3 is 9.84 Å². The van der Waals surface area contributed by atoms with Crippen molar-refractivity contribution in [1.29, 1.82) is 0 Å². The van der Waals surface area contributed by atoms with Gasteiger partial charge >= 0.3 is 11.9 Å². The van der Waals surface area contributed by atoms with Crippen molar-refractivity contribution in [3.05, 3.63) is 34.9 Å². The lowest BCUT2D eigenvalue weighted by atomic mass is 9.96. The first kappa shape index (κ1) is 29.2. The zero-order chi connectivity index (χ0) is 23.3. The van der Waals surface area contributed by atoms with Crippen LogP contribution in [-0.2, 0) is 11.2 Å². The lowest BCUT2D eigenvalue weighted by Gasteiger charge is -2.12. The molecular weight excluding hydrogens is 388 g/mol. The number of aromatic carboxylic acids is 1. The molecule has 0 heterocycles. The summed E-state index contributed by atoms with van der Waals surface area (Å²) in [7, 11) is 0. The number of carboxylic acid groups (broad SMARTS) is 1. The molecular formula is C27H46O4. The number of aryl methyl sites for hydroxylation is 1. The van der Waals surface area contributed by atoms with Gasteiger partial charge in [0.15, 0.2) is 0 Å². The summed E-state index contributed by atoms with van der Waals surface area (Å²) in [5, 5.41) is 9.65. The Morgan fingerprint density at radius 3 is 1.84 bits per heavy atom. The minimum Gasteiger partial charge on any atom is -0.478 e. The van der Waals surface area contributed by atoms with Gasteiger partial charge in [0.05, 0.1) is 17.7 Å². The summed E-state index contributed by atoms with van der Waals surface area (Å²) in [4.78, 5) is 24.2. The molecule has 31 heavy (non-hydrogen) atoms. The van der Waals surface area contributed by atoms with Crippen molar-refractivity contribution in [2.45, 2.75) is 118 Å². The maximum Gasteiger partial charge on any atom is 0.339 e. The first-order valence-electron chi connectivity index (χ1n) is 12.6. The number of ether oxygens (including phenoxy) is 1. The first-order chi connectivity index (χ1) is 15.0. The molecule has 0 saturated carbocycles. The number of rotatable bonds is 16. The SMILES string of the molecule is CCC.CCCCCCCCOC(=O)c1cccc(CCCCCCCC)c1C(=O)O. The van der Waals surface area contributed by atoms with Gasteiger partial charge in [0.1, 0.15) is 0 Å². The normalized spacial score (nSPS) is 10.3. The van der Waals surface area contributed by atoms with Gasteiger partial charge in [-0.15, -0.1) is 0 Å². The molecule has 4 nitrogen and oxygen atoms in total. The Hall–Kier alpha value is -1.84. The number of carbonyl (C=O) groups is 2. The van der Waals surface area contributed by atoms with Crippen LogP contribution in [0.25, 0.3) is 0 Å². The largest absolute Gasteiger partial charge is 0.478 e. The summed E-state index contributed by atoms with van der Waals surface area (Å²) in [5.74, 6) is -1.57. The van der Waals surface area contributed by atoms with Crippen molar-refractivity contribution in [2.75, 3.05) is 6.61 Å². The molecule has 0 saturated heterocycles. The minimum atomic E-state index is -1.05. The van der Waals surface area contributed by atoms with Crippen LogP contribution in [-0.4, -0.2) is 23.7 Å². The van der Waals surface area contributed by atoms with Gasteiger partial charge in [-0.1, -0.05) is 110 Å². The highest BCUT2D eigenvalue weighted by Crippen LogP contribution is 2.20. The predicted octanol–water partition coefficient (Wildman–Crippen LogP) is 8.22. The lowest BCUT2D eigenvalue weighted by Crippen LogP contribution is -2.15. The van der Waals surface area contributed by atoms with E-state index in [0.717, 1.165) is 37.7 Å². The average molecular weight is 435 g/mol. The van der Waals surface area contributed by atoms with Crippen LogP contribution in [0, 0.1) is 0 Å². The van der Waals surface area contributed by atoms with E-state index in [2.05, 4.69) is 27.7 Å². The molecule has 0 aliphatic carbocycles. The van der Waals surface area contributed by atoms with E-state index in [-0.39, 0.29) is 11.1 Å². The Labute approximate surface area is 190 Å². The molecule has 0 aliphatic heterocycles. The van der Waals surface area contributed by atoms with E-state index in [1.807, 2.05) is 6.07 Å². The molecule has 0 aromatic heterocycles. The van der Waals surface area contributed by atoms with Crippen molar-refractivity contribution in [1.82, 2.24) is 0 Å².